The minimum absolute atomic E-state index is 0.0160. The van der Waals surface area contributed by atoms with Gasteiger partial charge >= 0.3 is 5.97 Å². The third-order valence-corrected chi connectivity index (χ3v) is 8.50. The van der Waals surface area contributed by atoms with Crippen molar-refractivity contribution < 1.29 is 28.2 Å². The average Bonchev–Trinajstić information content (AvgIpc) is 3.54. The highest BCUT2D eigenvalue weighted by Gasteiger charge is 2.43. The fraction of sp³-hybridized carbons (Fsp3) is 0.424. The van der Waals surface area contributed by atoms with Crippen LogP contribution in [0.3, 0.4) is 0 Å². The fourth-order valence-electron chi connectivity index (χ4n) is 5.74. The molecule has 1 amide bonds. The molecule has 2 aliphatic rings. The summed E-state index contributed by atoms with van der Waals surface area (Å²) in [5.74, 6) is 0.169. The van der Waals surface area contributed by atoms with E-state index in [1.54, 1.807) is 50.2 Å². The molecule has 0 spiro atoms. The molecule has 0 saturated carbocycles. The van der Waals surface area contributed by atoms with E-state index >= 15 is 0 Å². The summed E-state index contributed by atoms with van der Waals surface area (Å²) in [5, 5.41) is 0.313. The Balaban J connectivity index is 1.27. The molecule has 5 rings (SSSR count). The van der Waals surface area contributed by atoms with Gasteiger partial charge in [0.15, 0.2) is 11.5 Å². The molecule has 1 atom stereocenters. The lowest BCUT2D eigenvalue weighted by molar-refractivity contribution is -0.137. The molecule has 0 bridgehead atoms. The monoisotopic (exact) mass is 624 g/mol. The lowest BCUT2D eigenvalue weighted by Gasteiger charge is -2.32. The smallest absolute Gasteiger partial charge is 0.330 e. The van der Waals surface area contributed by atoms with Gasteiger partial charge in [0.05, 0.1) is 30.6 Å². The number of halogens is 2. The number of aromatic nitrogens is 2. The summed E-state index contributed by atoms with van der Waals surface area (Å²) in [6.45, 7) is 8.70. The molecule has 3 aromatic rings. The number of piperidine rings is 1. The molecule has 0 radical (unpaired) electrons. The van der Waals surface area contributed by atoms with E-state index in [0.29, 0.717) is 48.3 Å². The summed E-state index contributed by atoms with van der Waals surface area (Å²) in [6.07, 6.45) is 6.65. The summed E-state index contributed by atoms with van der Waals surface area (Å²) in [5.41, 5.74) is 2.12. The zero-order valence-electron chi connectivity index (χ0n) is 25.5. The molecular formula is C33H38ClFN4O5. The number of ether oxygens (including phenoxy) is 3. The number of benzene rings is 2. The first kappa shape index (κ1) is 31.5. The molecule has 2 aliphatic heterocycles. The van der Waals surface area contributed by atoms with Crippen LogP contribution in [0.2, 0.25) is 5.02 Å². The van der Waals surface area contributed by atoms with Crippen molar-refractivity contribution in [2.24, 2.45) is 0 Å². The van der Waals surface area contributed by atoms with Gasteiger partial charge in [0.2, 0.25) is 5.91 Å². The van der Waals surface area contributed by atoms with Gasteiger partial charge in [0, 0.05) is 50.6 Å². The summed E-state index contributed by atoms with van der Waals surface area (Å²) < 4.78 is 34.4. The summed E-state index contributed by atoms with van der Waals surface area (Å²) in [6, 6.07) is 10.4. The second kappa shape index (κ2) is 13.4. The maximum atomic E-state index is 14.8. The Bertz CT molecular complexity index is 1550. The zero-order valence-corrected chi connectivity index (χ0v) is 26.3. The standard InChI is InChI=1S/C33H38ClFN4O5/c1-5-42-31(41)12-10-25-20-36-30(39(25)18-17-37(4)22(2)40)21-38-15-13-23(14-16-38)26-7-6-8-29-32(26)44-33(3,43-29)27-11-9-24(34)19-28(27)35/h6-12,19-20,23H,5,13-18,21H2,1-4H3/b12-10+. The highest BCUT2D eigenvalue weighted by molar-refractivity contribution is 6.30. The number of likely N-dealkylation sites (N-methyl/N-ethyl adjacent to an activating group) is 1. The Morgan fingerprint density at radius 1 is 1.23 bits per heavy atom. The first-order chi connectivity index (χ1) is 21.1. The van der Waals surface area contributed by atoms with Gasteiger partial charge in [-0.2, -0.15) is 0 Å². The lowest BCUT2D eigenvalue weighted by atomic mass is 9.88. The number of hydrogen-bond acceptors (Lipinski definition) is 7. The maximum absolute atomic E-state index is 14.8. The molecule has 3 heterocycles. The topological polar surface area (TPSA) is 86.1 Å². The molecule has 0 N–H and O–H groups in total. The average molecular weight is 625 g/mol. The van der Waals surface area contributed by atoms with Crippen molar-refractivity contribution >= 4 is 29.6 Å². The van der Waals surface area contributed by atoms with Crippen LogP contribution in [0, 0.1) is 5.82 Å². The normalized spacial score (nSPS) is 18.6. The quantitative estimate of drug-likeness (QED) is 0.210. The van der Waals surface area contributed by atoms with E-state index < -0.39 is 17.6 Å². The molecule has 11 heteroatoms. The van der Waals surface area contributed by atoms with Crippen LogP contribution >= 0.6 is 11.6 Å². The van der Waals surface area contributed by atoms with E-state index in [1.807, 2.05) is 16.7 Å². The zero-order chi connectivity index (χ0) is 31.4. The molecule has 2 aromatic carbocycles. The van der Waals surface area contributed by atoms with Crippen LogP contribution in [0.15, 0.2) is 48.7 Å². The van der Waals surface area contributed by atoms with Crippen molar-refractivity contribution in [3.63, 3.8) is 0 Å². The number of fused-ring (bicyclic) bond motifs is 1. The van der Waals surface area contributed by atoms with E-state index in [0.717, 1.165) is 43.0 Å². The van der Waals surface area contributed by atoms with Crippen molar-refractivity contribution in [2.45, 2.75) is 58.4 Å². The van der Waals surface area contributed by atoms with Gasteiger partial charge in [0.25, 0.3) is 5.79 Å². The Labute approximate surface area is 262 Å². The Hall–Kier alpha value is -3.89. The third kappa shape index (κ3) is 6.92. The number of carbonyl (C=O) groups is 2. The molecule has 0 aliphatic carbocycles. The number of nitrogens with zero attached hydrogens (tertiary/aromatic N) is 4. The van der Waals surface area contributed by atoms with Gasteiger partial charge in [-0.1, -0.05) is 23.7 Å². The summed E-state index contributed by atoms with van der Waals surface area (Å²) >= 11 is 5.97. The minimum atomic E-state index is -1.29. The van der Waals surface area contributed by atoms with Crippen molar-refractivity contribution in [3.05, 3.63) is 82.2 Å². The van der Waals surface area contributed by atoms with Crippen LogP contribution < -0.4 is 9.47 Å². The number of likely N-dealkylation sites (tertiary alicyclic amines) is 1. The second-order valence-electron chi connectivity index (χ2n) is 11.3. The highest BCUT2D eigenvalue weighted by Crippen LogP contribution is 2.49. The van der Waals surface area contributed by atoms with Crippen LogP contribution in [0.5, 0.6) is 11.5 Å². The van der Waals surface area contributed by atoms with Crippen LogP contribution in [-0.2, 0) is 33.2 Å². The largest absolute Gasteiger partial charge is 0.463 e. The molecule has 44 heavy (non-hydrogen) atoms. The summed E-state index contributed by atoms with van der Waals surface area (Å²) in [4.78, 5) is 32.4. The van der Waals surface area contributed by atoms with E-state index in [1.165, 1.54) is 19.1 Å². The van der Waals surface area contributed by atoms with Gasteiger partial charge in [-0.05, 0) is 69.1 Å². The third-order valence-electron chi connectivity index (χ3n) is 8.27. The molecule has 1 unspecified atom stereocenters. The molecule has 9 nitrogen and oxygen atoms in total. The highest BCUT2D eigenvalue weighted by atomic mass is 35.5. The molecule has 1 saturated heterocycles. The Kier molecular flexibility index (Phi) is 9.60. The van der Waals surface area contributed by atoms with E-state index in [-0.39, 0.29) is 11.8 Å². The fourth-order valence-corrected chi connectivity index (χ4v) is 5.90. The van der Waals surface area contributed by atoms with Gasteiger partial charge in [-0.3, -0.25) is 9.69 Å². The molecule has 1 aromatic heterocycles. The first-order valence-electron chi connectivity index (χ1n) is 14.9. The van der Waals surface area contributed by atoms with Gasteiger partial charge in [-0.15, -0.1) is 0 Å². The predicted molar refractivity (Wildman–Crippen MR) is 165 cm³/mol. The van der Waals surface area contributed by atoms with E-state index in [2.05, 4.69) is 16.0 Å². The first-order valence-corrected chi connectivity index (χ1v) is 15.3. The molecular weight excluding hydrogens is 587 g/mol. The van der Waals surface area contributed by atoms with Crippen LogP contribution in [-0.4, -0.2) is 64.5 Å². The van der Waals surface area contributed by atoms with Crippen molar-refractivity contribution in [1.29, 1.82) is 0 Å². The van der Waals surface area contributed by atoms with Crippen LogP contribution in [0.1, 0.15) is 62.2 Å². The molecule has 234 valence electrons. The predicted octanol–water partition coefficient (Wildman–Crippen LogP) is 5.75. The van der Waals surface area contributed by atoms with E-state index in [4.69, 9.17) is 25.8 Å². The molecule has 1 fully saturated rings. The summed E-state index contributed by atoms with van der Waals surface area (Å²) in [7, 11) is 1.77. The number of hydrogen-bond donors (Lipinski definition) is 0. The maximum Gasteiger partial charge on any atom is 0.330 e. The SMILES string of the molecule is CCOC(=O)/C=C/c1cnc(CN2CCC(c3cccc4c3OC(C)(c3ccc(Cl)cc3F)O4)CC2)n1CCN(C)C(C)=O. The second-order valence-corrected chi connectivity index (χ2v) is 11.7. The van der Waals surface area contributed by atoms with Gasteiger partial charge in [-0.25, -0.2) is 14.2 Å². The number of carbonyl (C=O) groups excluding carboxylic acids is 2. The van der Waals surface area contributed by atoms with Crippen molar-refractivity contribution in [1.82, 2.24) is 19.4 Å². The number of imidazole rings is 1. The Morgan fingerprint density at radius 3 is 2.70 bits per heavy atom. The van der Waals surface area contributed by atoms with E-state index in [9.17, 15) is 14.0 Å². The van der Waals surface area contributed by atoms with Crippen molar-refractivity contribution in [3.8, 4) is 11.5 Å². The number of esters is 1. The number of para-hydroxylation sites is 1. The van der Waals surface area contributed by atoms with Gasteiger partial charge in [0.1, 0.15) is 11.6 Å². The number of rotatable bonds is 10. The van der Waals surface area contributed by atoms with Crippen LogP contribution in [0.4, 0.5) is 4.39 Å². The van der Waals surface area contributed by atoms with Crippen molar-refractivity contribution in [2.75, 3.05) is 33.3 Å². The lowest BCUT2D eigenvalue weighted by Crippen LogP contribution is -2.34. The van der Waals surface area contributed by atoms with Crippen LogP contribution in [0.25, 0.3) is 6.08 Å². The van der Waals surface area contributed by atoms with Gasteiger partial charge < -0.3 is 23.7 Å². The number of amides is 1. The minimum Gasteiger partial charge on any atom is -0.463 e. The Morgan fingerprint density at radius 2 is 2.00 bits per heavy atom.